The highest BCUT2D eigenvalue weighted by atomic mass is 31.2. The molecule has 0 atom stereocenters. The van der Waals surface area contributed by atoms with Gasteiger partial charge in [-0.15, -0.1) is 0 Å². The van der Waals surface area contributed by atoms with Crippen LogP contribution in [-0.4, -0.2) is 33.9 Å². The number of hydrogen-bond acceptors (Lipinski definition) is 6. The van der Waals surface area contributed by atoms with E-state index < -0.39 is 13.4 Å². The summed E-state index contributed by atoms with van der Waals surface area (Å²) in [7, 11) is -4.30. The Morgan fingerprint density at radius 3 is 1.57 bits per heavy atom. The van der Waals surface area contributed by atoms with Crippen molar-refractivity contribution in [3.8, 4) is 0 Å². The fourth-order valence-corrected chi connectivity index (χ4v) is 2.80. The van der Waals surface area contributed by atoms with Gasteiger partial charge in [-0.25, -0.2) is 4.57 Å². The molecule has 0 unspecified atom stereocenters. The van der Waals surface area contributed by atoms with Crippen molar-refractivity contribution in [2.75, 3.05) is 6.61 Å². The van der Waals surface area contributed by atoms with Gasteiger partial charge in [0.05, 0.1) is 23.0 Å². The van der Waals surface area contributed by atoms with E-state index in [1.165, 1.54) is 0 Å². The molecule has 0 aliphatic heterocycles. The molecule has 1 aromatic carbocycles. The molecule has 0 radical (unpaired) electrons. The van der Waals surface area contributed by atoms with Crippen molar-refractivity contribution >= 4 is 19.8 Å². The topological polar surface area (TPSA) is 119 Å². The predicted octanol–water partition coefficient (Wildman–Crippen LogP) is 7.07. The number of esters is 2. The monoisotopic (exact) mass is 546 g/mol. The van der Waals surface area contributed by atoms with Gasteiger partial charge in [-0.3, -0.25) is 14.1 Å². The molecule has 0 bridgehead atoms. The second-order valence-corrected chi connectivity index (χ2v) is 12.4. The van der Waals surface area contributed by atoms with Gasteiger partial charge in [-0.1, -0.05) is 65.0 Å². The van der Waals surface area contributed by atoms with Crippen molar-refractivity contribution in [2.45, 2.75) is 108 Å². The number of carbonyl (C=O) groups is 2. The Labute approximate surface area is 224 Å². The van der Waals surface area contributed by atoms with Gasteiger partial charge in [0.2, 0.25) is 0 Å². The van der Waals surface area contributed by atoms with Crippen LogP contribution in [0.5, 0.6) is 0 Å². The summed E-state index contributed by atoms with van der Waals surface area (Å²) in [5, 5.41) is 0. The summed E-state index contributed by atoms with van der Waals surface area (Å²) in [6, 6.07) is 9.72. The van der Waals surface area contributed by atoms with Crippen LogP contribution in [0, 0.1) is 16.7 Å². The standard InChI is InChI=1S/C13H18O2.C10H20O2.C5H13O4P/c1-4-13(2,3)12(14)15-10-11-8-6-5-7-9-11;1-6-10(4,5)9(11)12-7-8(2)3;1-4-5(2,3)9-10(6,7)8/h5-9H,4,10H2,1-3H3;8H,6-7H2,1-5H3;4H2,1-3H3,(H2,6,7,8). The smallest absolute Gasteiger partial charge is 0.465 e. The van der Waals surface area contributed by atoms with E-state index in [1.807, 2.05) is 85.7 Å². The normalized spacial score (nSPS) is 12.1. The number of phosphoric ester groups is 1. The number of benzene rings is 1. The molecule has 0 fully saturated rings. The lowest BCUT2D eigenvalue weighted by Crippen LogP contribution is -2.26. The second kappa shape index (κ2) is 17.0. The average molecular weight is 547 g/mol. The minimum atomic E-state index is -4.30. The maximum absolute atomic E-state index is 11.6. The molecule has 37 heavy (non-hydrogen) atoms. The van der Waals surface area contributed by atoms with E-state index in [4.69, 9.17) is 19.3 Å². The molecule has 0 aliphatic rings. The zero-order valence-corrected chi connectivity index (χ0v) is 25.7. The molecule has 0 saturated heterocycles. The van der Waals surface area contributed by atoms with Crippen LogP contribution >= 0.6 is 7.82 Å². The SMILES string of the molecule is CCC(C)(C)C(=O)OCC(C)C.CCC(C)(C)C(=O)OCc1ccccc1.CCC(C)(C)OP(=O)(O)O. The Kier molecular flexibility index (Phi) is 17.2. The maximum atomic E-state index is 11.6. The van der Waals surface area contributed by atoms with E-state index in [-0.39, 0.29) is 22.8 Å². The molecule has 216 valence electrons. The van der Waals surface area contributed by atoms with Crippen LogP contribution in [0.15, 0.2) is 30.3 Å². The molecular formula is C28H51O8P. The summed E-state index contributed by atoms with van der Waals surface area (Å²) in [5.41, 5.74) is -0.416. The Morgan fingerprint density at radius 2 is 1.24 bits per heavy atom. The van der Waals surface area contributed by atoms with Crippen molar-refractivity contribution in [2.24, 2.45) is 16.7 Å². The Balaban J connectivity index is 0. The third-order valence-corrected chi connectivity index (χ3v) is 6.58. The van der Waals surface area contributed by atoms with Crippen molar-refractivity contribution in [3.63, 3.8) is 0 Å². The Hall–Kier alpha value is -1.73. The molecule has 0 heterocycles. The summed E-state index contributed by atoms with van der Waals surface area (Å²) in [6.07, 6.45) is 2.18. The molecule has 0 aliphatic carbocycles. The van der Waals surface area contributed by atoms with E-state index in [9.17, 15) is 14.2 Å². The quantitative estimate of drug-likeness (QED) is 0.223. The predicted molar refractivity (Wildman–Crippen MR) is 148 cm³/mol. The largest absolute Gasteiger partial charge is 0.470 e. The first-order valence-electron chi connectivity index (χ1n) is 12.9. The Morgan fingerprint density at radius 1 is 0.811 bits per heavy atom. The van der Waals surface area contributed by atoms with Gasteiger partial charge in [0, 0.05) is 0 Å². The number of hydrogen-bond donors (Lipinski definition) is 2. The van der Waals surface area contributed by atoms with Crippen LogP contribution in [0.25, 0.3) is 0 Å². The van der Waals surface area contributed by atoms with Crippen LogP contribution in [0.2, 0.25) is 0 Å². The lowest BCUT2D eigenvalue weighted by Gasteiger charge is -2.22. The van der Waals surface area contributed by atoms with Crippen LogP contribution in [0.1, 0.15) is 101 Å². The molecule has 0 spiro atoms. The summed E-state index contributed by atoms with van der Waals surface area (Å²) >= 11 is 0. The molecule has 0 aromatic heterocycles. The van der Waals surface area contributed by atoms with Gasteiger partial charge < -0.3 is 19.3 Å². The molecule has 1 rings (SSSR count). The first-order valence-corrected chi connectivity index (χ1v) is 14.4. The van der Waals surface area contributed by atoms with Crippen molar-refractivity contribution in [3.05, 3.63) is 35.9 Å². The van der Waals surface area contributed by atoms with E-state index in [0.717, 1.165) is 18.4 Å². The lowest BCUT2D eigenvalue weighted by molar-refractivity contribution is -0.156. The van der Waals surface area contributed by atoms with E-state index in [0.29, 0.717) is 25.6 Å². The molecule has 2 N–H and O–H groups in total. The summed E-state index contributed by atoms with van der Waals surface area (Å²) in [4.78, 5) is 39.8. The highest BCUT2D eigenvalue weighted by Crippen LogP contribution is 2.42. The summed E-state index contributed by atoms with van der Waals surface area (Å²) in [5.74, 6) is 0.203. The highest BCUT2D eigenvalue weighted by Gasteiger charge is 2.28. The number of ether oxygens (including phenoxy) is 2. The third-order valence-electron chi connectivity index (χ3n) is 5.85. The third kappa shape index (κ3) is 19.1. The molecule has 0 amide bonds. The zero-order chi connectivity index (χ0) is 29.5. The van der Waals surface area contributed by atoms with Crippen molar-refractivity contribution < 1.29 is 37.9 Å². The minimum Gasteiger partial charge on any atom is -0.465 e. The first-order chi connectivity index (χ1) is 16.7. The van der Waals surface area contributed by atoms with Gasteiger partial charge in [-0.05, 0) is 72.3 Å². The first kappa shape index (κ1) is 37.4. The second-order valence-electron chi connectivity index (χ2n) is 11.2. The molecule has 9 heteroatoms. The fourth-order valence-electron chi connectivity index (χ4n) is 2.03. The van der Waals surface area contributed by atoms with Gasteiger partial charge in [0.25, 0.3) is 0 Å². The number of rotatable bonds is 11. The average Bonchev–Trinajstić information content (AvgIpc) is 2.80. The van der Waals surface area contributed by atoms with Gasteiger partial charge >= 0.3 is 19.8 Å². The lowest BCUT2D eigenvalue weighted by atomic mass is 9.91. The molecule has 0 saturated carbocycles. The van der Waals surface area contributed by atoms with Gasteiger partial charge in [0.1, 0.15) is 6.61 Å². The molecule has 8 nitrogen and oxygen atoms in total. The van der Waals surface area contributed by atoms with Crippen LogP contribution < -0.4 is 0 Å². The van der Waals surface area contributed by atoms with Crippen LogP contribution in [-0.2, 0) is 34.8 Å². The van der Waals surface area contributed by atoms with Gasteiger partial charge in [-0.2, -0.15) is 0 Å². The Bertz CT molecular complexity index is 826. The van der Waals surface area contributed by atoms with Gasteiger partial charge in [0.15, 0.2) is 0 Å². The minimum absolute atomic E-state index is 0.0845. The summed E-state index contributed by atoms with van der Waals surface area (Å²) < 4.78 is 25.1. The maximum Gasteiger partial charge on any atom is 0.470 e. The summed E-state index contributed by atoms with van der Waals surface area (Å²) in [6.45, 7) is 21.6. The van der Waals surface area contributed by atoms with Crippen LogP contribution in [0.3, 0.4) is 0 Å². The zero-order valence-electron chi connectivity index (χ0n) is 24.8. The van der Waals surface area contributed by atoms with Crippen molar-refractivity contribution in [1.29, 1.82) is 0 Å². The molecular weight excluding hydrogens is 495 g/mol. The van der Waals surface area contributed by atoms with Crippen molar-refractivity contribution in [1.82, 2.24) is 0 Å². The van der Waals surface area contributed by atoms with E-state index in [2.05, 4.69) is 4.52 Å². The van der Waals surface area contributed by atoms with E-state index >= 15 is 0 Å². The number of carbonyl (C=O) groups excluding carboxylic acids is 2. The fraction of sp³-hybridized carbons (Fsp3) is 0.714. The van der Waals surface area contributed by atoms with E-state index in [1.54, 1.807) is 20.8 Å². The number of phosphoric acid groups is 1. The molecule has 1 aromatic rings. The van der Waals surface area contributed by atoms with Crippen LogP contribution in [0.4, 0.5) is 0 Å². The highest BCUT2D eigenvalue weighted by molar-refractivity contribution is 7.46.